The lowest BCUT2D eigenvalue weighted by Gasteiger charge is -2.42. The molecule has 3 fully saturated rings. The number of amides is 1. The van der Waals surface area contributed by atoms with Gasteiger partial charge in [0.15, 0.2) is 15.4 Å². The second-order valence-corrected chi connectivity index (χ2v) is 34.7. The van der Waals surface area contributed by atoms with Crippen LogP contribution in [0.15, 0.2) is 70.7 Å². The van der Waals surface area contributed by atoms with E-state index in [-0.39, 0.29) is 70.1 Å². The molecule has 3 aliphatic carbocycles. The molecule has 3 aliphatic heterocycles. The molecule has 526 valence electrons. The summed E-state index contributed by atoms with van der Waals surface area (Å²) in [6.45, 7) is 37.2. The third kappa shape index (κ3) is 17.8. The van der Waals surface area contributed by atoms with Crippen molar-refractivity contribution in [1.29, 1.82) is 0 Å². The number of nitrogens with one attached hydrogen (secondary N) is 1. The van der Waals surface area contributed by atoms with Gasteiger partial charge in [-0.3, -0.25) is 9.59 Å². The molecule has 3 aromatic carbocycles. The molecule has 18 heteroatoms. The Bertz CT molecular complexity index is 3540. The first kappa shape index (κ1) is 74.9. The molecule has 6 heterocycles. The van der Waals surface area contributed by atoms with E-state index in [2.05, 4.69) is 186 Å². The standard InChI is InChI=1S/C26H37N3O2S.C26H39N3OS.C23H30N2O2S.C3H9NO/c1-25(2)10-11-26(3,4)21-16-19(6-7-20(21)25)22-17-32-24(27-22)29-12-8-18(9-13-29)23(31)28(5)14-15-30;1-25(2)10-11-26(3,4)22-16-20(6-7-21(22)25)23-18-31-24(27-23)29-12-8-19(9-13-29)17-28(5)14-15-30;1-22(2)9-10-23(3,4)18-13-16(5-6-17(18)22)19-14-28-21(24-19)25-11-7-15(8-12-25)20(26)27;1-4-2-3-5/h6-7,16-18,30H,8-15H2,1-5H3;6-7,16,18-19,30H,8-15,17H2,1-5H3;5-6,13-15H,7-12H2,1-4H3,(H,26,27);4-5H,2-3H2,1H3. The predicted molar refractivity (Wildman–Crippen MR) is 401 cm³/mol. The van der Waals surface area contributed by atoms with Gasteiger partial charge in [0.2, 0.25) is 5.91 Å². The molecule has 3 aromatic heterocycles. The van der Waals surface area contributed by atoms with Crippen LogP contribution in [0.2, 0.25) is 0 Å². The van der Waals surface area contributed by atoms with Gasteiger partial charge in [0.05, 0.1) is 42.8 Å². The molecular formula is C78H115N9O6S3. The topological polar surface area (TPSA) is 182 Å². The fraction of sp³-hybridized carbons (Fsp3) is 0.628. The van der Waals surface area contributed by atoms with Crippen molar-refractivity contribution in [2.75, 3.05) is 121 Å². The number of aliphatic hydroxyl groups is 3. The fourth-order valence-corrected chi connectivity index (χ4v) is 17.9. The molecule has 0 spiro atoms. The Morgan fingerprint density at radius 1 is 0.479 bits per heavy atom. The van der Waals surface area contributed by atoms with Crippen molar-refractivity contribution >= 4 is 61.3 Å². The highest BCUT2D eigenvalue weighted by Crippen LogP contribution is 2.50. The maximum atomic E-state index is 12.5. The van der Waals surface area contributed by atoms with Gasteiger partial charge in [-0.25, -0.2) is 15.0 Å². The number of carbonyl (C=O) groups is 2. The van der Waals surface area contributed by atoms with Crippen LogP contribution in [-0.4, -0.2) is 163 Å². The minimum absolute atomic E-state index is 0.0142. The number of anilines is 3. The van der Waals surface area contributed by atoms with Crippen molar-refractivity contribution in [2.45, 2.75) is 193 Å². The van der Waals surface area contributed by atoms with Crippen LogP contribution in [0.3, 0.4) is 0 Å². The lowest BCUT2D eigenvalue weighted by atomic mass is 9.63. The van der Waals surface area contributed by atoms with E-state index in [0.717, 1.165) is 104 Å². The van der Waals surface area contributed by atoms with E-state index in [0.29, 0.717) is 25.9 Å². The number of rotatable bonds is 16. The van der Waals surface area contributed by atoms with Crippen LogP contribution < -0.4 is 20.0 Å². The number of carboxylic acids is 1. The molecule has 6 aliphatic rings. The number of carboxylic acid groups (broad SMARTS) is 1. The van der Waals surface area contributed by atoms with Crippen LogP contribution in [0.4, 0.5) is 15.4 Å². The van der Waals surface area contributed by atoms with Crippen molar-refractivity contribution in [2.24, 2.45) is 17.8 Å². The molecular weight excluding hydrogens is 1260 g/mol. The number of aliphatic carboxylic acids is 1. The second kappa shape index (κ2) is 31.5. The van der Waals surface area contributed by atoms with Crippen LogP contribution in [0.5, 0.6) is 0 Å². The first-order valence-corrected chi connectivity index (χ1v) is 38.3. The molecule has 0 bridgehead atoms. The smallest absolute Gasteiger partial charge is 0.306 e. The van der Waals surface area contributed by atoms with Crippen LogP contribution in [0.25, 0.3) is 33.8 Å². The summed E-state index contributed by atoms with van der Waals surface area (Å²) >= 11 is 5.15. The number of benzene rings is 3. The van der Waals surface area contributed by atoms with Crippen molar-refractivity contribution in [1.82, 2.24) is 30.1 Å². The van der Waals surface area contributed by atoms with Crippen LogP contribution in [0.1, 0.15) is 194 Å². The maximum Gasteiger partial charge on any atom is 0.306 e. The number of thiazole rings is 3. The Morgan fingerprint density at radius 3 is 1.10 bits per heavy atom. The molecule has 0 atom stereocenters. The van der Waals surface area contributed by atoms with E-state index >= 15 is 0 Å². The number of carbonyl (C=O) groups excluding carboxylic acids is 1. The highest BCUT2D eigenvalue weighted by Gasteiger charge is 2.41. The van der Waals surface area contributed by atoms with Gasteiger partial charge in [0.25, 0.3) is 0 Å². The van der Waals surface area contributed by atoms with E-state index < -0.39 is 5.97 Å². The second-order valence-electron chi connectivity index (χ2n) is 32.2. The summed E-state index contributed by atoms with van der Waals surface area (Å²) in [5.74, 6) is 0.0473. The average molecular weight is 1370 g/mol. The van der Waals surface area contributed by atoms with E-state index in [1.54, 1.807) is 53.0 Å². The molecule has 0 saturated carbocycles. The number of fused-ring (bicyclic) bond motifs is 3. The van der Waals surface area contributed by atoms with Gasteiger partial charge >= 0.3 is 5.97 Å². The summed E-state index contributed by atoms with van der Waals surface area (Å²) < 4.78 is 0. The van der Waals surface area contributed by atoms with Gasteiger partial charge in [0.1, 0.15) is 0 Å². The minimum Gasteiger partial charge on any atom is -0.481 e. The summed E-state index contributed by atoms with van der Waals surface area (Å²) in [5.41, 5.74) is 17.0. The Kier molecular flexibility index (Phi) is 24.6. The van der Waals surface area contributed by atoms with Crippen molar-refractivity contribution in [3.63, 3.8) is 0 Å². The SMILES string of the molecule is CC1(C)CCC(C)(C)c2cc(-c3csc(N4CCC(C(=O)O)CC4)n3)ccc21.CN(CCO)C(=O)C1CCN(c2nc(-c3ccc4c(c3)C(C)(C)CCC4(C)C)cs2)CC1.CN(CCO)CC1CCN(c2nc(-c3ccc4c(c3)C(C)(C)CCC4(C)C)cs2)CC1.CNCCO. The fourth-order valence-electron chi connectivity index (χ4n) is 15.2. The van der Waals surface area contributed by atoms with Crippen molar-refractivity contribution < 1.29 is 30.0 Å². The molecule has 6 aromatic rings. The van der Waals surface area contributed by atoms with Gasteiger partial charge in [-0.15, -0.1) is 34.0 Å². The molecule has 0 radical (unpaired) electrons. The first-order valence-electron chi connectivity index (χ1n) is 35.6. The number of piperidine rings is 3. The van der Waals surface area contributed by atoms with E-state index in [4.69, 9.17) is 30.3 Å². The lowest BCUT2D eigenvalue weighted by Crippen LogP contribution is -2.42. The van der Waals surface area contributed by atoms with Gasteiger partial charge in [0, 0.05) is 111 Å². The highest BCUT2D eigenvalue weighted by atomic mass is 32.1. The maximum absolute atomic E-state index is 12.5. The molecule has 15 nitrogen and oxygen atoms in total. The monoisotopic (exact) mass is 1370 g/mol. The zero-order valence-electron chi connectivity index (χ0n) is 60.7. The third-order valence-electron chi connectivity index (χ3n) is 22.3. The van der Waals surface area contributed by atoms with Crippen molar-refractivity contribution in [3.8, 4) is 33.8 Å². The number of likely N-dealkylation sites (N-methyl/N-ethyl adjacent to an activating group) is 3. The van der Waals surface area contributed by atoms with Crippen LogP contribution >= 0.6 is 34.0 Å². The van der Waals surface area contributed by atoms with Crippen LogP contribution in [0, 0.1) is 17.8 Å². The van der Waals surface area contributed by atoms with Gasteiger partial charge in [-0.1, -0.05) is 119 Å². The Balaban J connectivity index is 0.000000163. The van der Waals surface area contributed by atoms with E-state index in [1.165, 1.54) is 101 Å². The van der Waals surface area contributed by atoms with Gasteiger partial charge < -0.3 is 50.2 Å². The zero-order valence-corrected chi connectivity index (χ0v) is 63.2. The van der Waals surface area contributed by atoms with Gasteiger partial charge in [-0.05, 0) is 181 Å². The van der Waals surface area contributed by atoms with E-state index in [9.17, 15) is 14.7 Å². The number of aromatic nitrogens is 3. The quantitative estimate of drug-likeness (QED) is 0.0617. The lowest BCUT2D eigenvalue weighted by molar-refractivity contribution is -0.142. The summed E-state index contributed by atoms with van der Waals surface area (Å²) in [5, 5.41) is 47.9. The Morgan fingerprint density at radius 2 is 0.802 bits per heavy atom. The number of aliphatic hydroxyl groups excluding tert-OH is 3. The minimum atomic E-state index is -0.668. The summed E-state index contributed by atoms with van der Waals surface area (Å²) in [4.78, 5) is 49.6. The normalized spacial score (nSPS) is 20.1. The van der Waals surface area contributed by atoms with Crippen LogP contribution in [-0.2, 0) is 42.1 Å². The molecule has 1 amide bonds. The average Bonchev–Trinajstić information content (AvgIpc) is 0.870. The number of hydrogen-bond donors (Lipinski definition) is 5. The summed E-state index contributed by atoms with van der Waals surface area (Å²) in [6, 6.07) is 20.9. The number of nitrogens with zero attached hydrogens (tertiary/aromatic N) is 8. The third-order valence-corrected chi connectivity index (χ3v) is 25.0. The Labute approximate surface area is 587 Å². The molecule has 96 heavy (non-hydrogen) atoms. The largest absolute Gasteiger partial charge is 0.481 e. The van der Waals surface area contributed by atoms with E-state index in [1.807, 2.05) is 0 Å². The van der Waals surface area contributed by atoms with Gasteiger partial charge in [-0.2, -0.15) is 0 Å². The molecule has 3 saturated heterocycles. The molecule has 0 unspecified atom stereocenters. The Hall–Kier alpha value is -5.31. The van der Waals surface area contributed by atoms with Crippen molar-refractivity contribution in [3.05, 3.63) is 104 Å². The number of hydrogen-bond acceptors (Lipinski definition) is 16. The molecule has 5 N–H and O–H groups in total. The highest BCUT2D eigenvalue weighted by molar-refractivity contribution is 7.14. The first-order chi connectivity index (χ1) is 45.4. The summed E-state index contributed by atoms with van der Waals surface area (Å²) in [7, 11) is 5.69. The predicted octanol–water partition coefficient (Wildman–Crippen LogP) is 14.8. The zero-order chi connectivity index (χ0) is 69.5. The summed E-state index contributed by atoms with van der Waals surface area (Å²) in [6.07, 6.45) is 12.8. The molecule has 12 rings (SSSR count).